The molecule has 0 saturated carbocycles. The van der Waals surface area contributed by atoms with E-state index >= 15 is 0 Å². The fourth-order valence-electron chi connectivity index (χ4n) is 2.12. The van der Waals surface area contributed by atoms with Crippen LogP contribution in [-0.2, 0) is 11.3 Å². The van der Waals surface area contributed by atoms with Crippen molar-refractivity contribution in [3.8, 4) is 0 Å². The van der Waals surface area contributed by atoms with Crippen molar-refractivity contribution in [2.24, 2.45) is 0 Å². The summed E-state index contributed by atoms with van der Waals surface area (Å²) < 4.78 is 6.12. The largest absolute Gasteiger partial charge is 0.444 e. The van der Waals surface area contributed by atoms with Gasteiger partial charge in [-0.05, 0) is 38.5 Å². The van der Waals surface area contributed by atoms with Crippen LogP contribution in [0.5, 0.6) is 0 Å². The van der Waals surface area contributed by atoms with Crippen LogP contribution in [-0.4, -0.2) is 29.5 Å². The summed E-state index contributed by atoms with van der Waals surface area (Å²) in [4.78, 5) is 26.1. The number of anilines is 1. The summed E-state index contributed by atoms with van der Waals surface area (Å²) in [6.45, 7) is 5.71. The van der Waals surface area contributed by atoms with Gasteiger partial charge in [-0.15, -0.1) is 11.3 Å². The molecule has 2 rings (SSSR count). The fraction of sp³-hybridized carbons (Fsp3) is 0.333. The lowest BCUT2D eigenvalue weighted by molar-refractivity contribution is 0.0285. The van der Waals surface area contributed by atoms with Crippen molar-refractivity contribution < 1.29 is 14.3 Å². The van der Waals surface area contributed by atoms with Crippen LogP contribution in [0.25, 0.3) is 0 Å². The molecule has 8 heteroatoms. The standard InChI is InChI=1S/C18H20Cl2N2O3S/c1-18(2,3)25-17(24)22(4)10-11-7-5-6-8-13(11)21-16(23)12-9-14(19)26-15(12)20/h5-9H,10H2,1-4H3,(H,21,23). The Kier molecular flexibility index (Phi) is 6.55. The number of hydrogen-bond donors (Lipinski definition) is 1. The van der Waals surface area contributed by atoms with Crippen LogP contribution in [0.1, 0.15) is 36.7 Å². The van der Waals surface area contributed by atoms with Crippen LogP contribution in [0.4, 0.5) is 10.5 Å². The first-order valence-corrected chi connectivity index (χ1v) is 9.42. The summed E-state index contributed by atoms with van der Waals surface area (Å²) >= 11 is 13.1. The maximum Gasteiger partial charge on any atom is 0.410 e. The second-order valence-corrected chi connectivity index (χ2v) is 8.97. The molecule has 0 saturated heterocycles. The molecule has 1 N–H and O–H groups in total. The Morgan fingerprint density at radius 1 is 1.23 bits per heavy atom. The topological polar surface area (TPSA) is 58.6 Å². The van der Waals surface area contributed by atoms with Gasteiger partial charge in [0.15, 0.2) is 0 Å². The minimum atomic E-state index is -0.575. The molecule has 140 valence electrons. The van der Waals surface area contributed by atoms with E-state index in [9.17, 15) is 9.59 Å². The predicted octanol–water partition coefficient (Wildman–Crippen LogP) is 5.67. The zero-order chi connectivity index (χ0) is 19.5. The molecule has 0 aliphatic heterocycles. The highest BCUT2D eigenvalue weighted by atomic mass is 35.5. The van der Waals surface area contributed by atoms with E-state index in [1.54, 1.807) is 19.2 Å². The zero-order valence-electron chi connectivity index (χ0n) is 14.9. The van der Waals surface area contributed by atoms with Gasteiger partial charge in [0.05, 0.1) is 16.4 Å². The Bertz CT molecular complexity index is 815. The number of carbonyl (C=O) groups is 2. The first-order chi connectivity index (χ1) is 12.1. The number of thiophene rings is 1. The Hall–Kier alpha value is -1.76. The number of hydrogen-bond acceptors (Lipinski definition) is 4. The lowest BCUT2D eigenvalue weighted by Gasteiger charge is -2.25. The SMILES string of the molecule is CN(Cc1ccccc1NC(=O)c1cc(Cl)sc1Cl)C(=O)OC(C)(C)C. The number of ether oxygens (including phenoxy) is 1. The third-order valence-electron chi connectivity index (χ3n) is 3.28. The number of carbonyl (C=O) groups excluding carboxylic acids is 2. The normalized spacial score (nSPS) is 11.2. The van der Waals surface area contributed by atoms with E-state index in [0.717, 1.165) is 16.9 Å². The number of para-hydroxylation sites is 1. The van der Waals surface area contributed by atoms with E-state index in [0.29, 0.717) is 19.9 Å². The Morgan fingerprint density at radius 2 is 1.88 bits per heavy atom. The molecule has 0 unspecified atom stereocenters. The molecule has 0 aliphatic rings. The third-order valence-corrected chi connectivity index (χ3v) is 4.77. The van der Waals surface area contributed by atoms with Crippen LogP contribution in [0.2, 0.25) is 8.67 Å². The minimum absolute atomic E-state index is 0.281. The number of nitrogens with one attached hydrogen (secondary N) is 1. The zero-order valence-corrected chi connectivity index (χ0v) is 17.3. The van der Waals surface area contributed by atoms with Crippen molar-refractivity contribution in [3.63, 3.8) is 0 Å². The van der Waals surface area contributed by atoms with Gasteiger partial charge >= 0.3 is 6.09 Å². The van der Waals surface area contributed by atoms with E-state index in [2.05, 4.69) is 5.32 Å². The quantitative estimate of drug-likeness (QED) is 0.700. The van der Waals surface area contributed by atoms with Crippen LogP contribution >= 0.6 is 34.5 Å². The molecule has 2 amide bonds. The van der Waals surface area contributed by atoms with Crippen molar-refractivity contribution in [1.29, 1.82) is 0 Å². The second-order valence-electron chi connectivity index (χ2n) is 6.69. The molecular weight excluding hydrogens is 395 g/mol. The molecule has 1 heterocycles. The molecule has 5 nitrogen and oxygen atoms in total. The average molecular weight is 415 g/mol. The van der Waals surface area contributed by atoms with Crippen molar-refractivity contribution >= 4 is 52.2 Å². The Balaban J connectivity index is 2.13. The molecular formula is C18H20Cl2N2O3S. The summed E-state index contributed by atoms with van der Waals surface area (Å²) in [5, 5.41) is 2.82. The van der Waals surface area contributed by atoms with Crippen LogP contribution in [0.3, 0.4) is 0 Å². The van der Waals surface area contributed by atoms with Gasteiger partial charge in [-0.2, -0.15) is 0 Å². The van der Waals surface area contributed by atoms with Crippen molar-refractivity contribution in [3.05, 3.63) is 50.1 Å². The number of nitrogens with zero attached hydrogens (tertiary/aromatic N) is 1. The molecule has 1 aromatic heterocycles. The van der Waals surface area contributed by atoms with Gasteiger partial charge in [0.1, 0.15) is 9.94 Å². The lowest BCUT2D eigenvalue weighted by atomic mass is 10.1. The maximum absolute atomic E-state index is 12.5. The summed E-state index contributed by atoms with van der Waals surface area (Å²) in [7, 11) is 1.64. The first-order valence-electron chi connectivity index (χ1n) is 7.85. The summed E-state index contributed by atoms with van der Waals surface area (Å²) in [5.41, 5.74) is 1.10. The molecule has 1 aromatic carbocycles. The lowest BCUT2D eigenvalue weighted by Crippen LogP contribution is -2.34. The van der Waals surface area contributed by atoms with Crippen molar-refractivity contribution in [2.45, 2.75) is 32.9 Å². The Morgan fingerprint density at radius 3 is 2.46 bits per heavy atom. The summed E-state index contributed by atoms with van der Waals surface area (Å²) in [6, 6.07) is 8.76. The maximum atomic E-state index is 12.5. The van der Waals surface area contributed by atoms with Crippen molar-refractivity contribution in [1.82, 2.24) is 4.90 Å². The molecule has 0 radical (unpaired) electrons. The third kappa shape index (κ3) is 5.62. The molecule has 0 bridgehead atoms. The van der Waals surface area contributed by atoms with Crippen LogP contribution < -0.4 is 5.32 Å². The molecule has 0 fully saturated rings. The van der Waals surface area contributed by atoms with E-state index in [1.807, 2.05) is 32.9 Å². The highest BCUT2D eigenvalue weighted by Gasteiger charge is 2.21. The van der Waals surface area contributed by atoms with E-state index in [4.69, 9.17) is 27.9 Å². The summed E-state index contributed by atoms with van der Waals surface area (Å²) in [5.74, 6) is -0.356. The minimum Gasteiger partial charge on any atom is -0.444 e. The number of benzene rings is 1. The highest BCUT2D eigenvalue weighted by Crippen LogP contribution is 2.32. The number of rotatable bonds is 4. The van der Waals surface area contributed by atoms with Gasteiger partial charge in [-0.25, -0.2) is 4.79 Å². The summed E-state index contributed by atoms with van der Waals surface area (Å²) in [6.07, 6.45) is -0.439. The number of amides is 2. The molecule has 0 aliphatic carbocycles. The van der Waals surface area contributed by atoms with E-state index in [-0.39, 0.29) is 12.5 Å². The number of halogens is 2. The van der Waals surface area contributed by atoms with Gasteiger partial charge in [0, 0.05) is 12.7 Å². The van der Waals surface area contributed by atoms with Gasteiger partial charge in [-0.3, -0.25) is 4.79 Å². The predicted molar refractivity (Wildman–Crippen MR) is 106 cm³/mol. The van der Waals surface area contributed by atoms with Crippen LogP contribution in [0, 0.1) is 0 Å². The monoisotopic (exact) mass is 414 g/mol. The molecule has 0 spiro atoms. The molecule has 26 heavy (non-hydrogen) atoms. The van der Waals surface area contributed by atoms with E-state index in [1.165, 1.54) is 11.0 Å². The van der Waals surface area contributed by atoms with Crippen molar-refractivity contribution in [2.75, 3.05) is 12.4 Å². The first kappa shape index (κ1) is 20.6. The highest BCUT2D eigenvalue weighted by molar-refractivity contribution is 7.20. The molecule has 0 atom stereocenters. The Labute approximate surface area is 166 Å². The van der Waals surface area contributed by atoms with Gasteiger partial charge in [0.2, 0.25) is 0 Å². The van der Waals surface area contributed by atoms with Gasteiger partial charge in [0.25, 0.3) is 5.91 Å². The average Bonchev–Trinajstić information content (AvgIpc) is 2.86. The molecule has 2 aromatic rings. The van der Waals surface area contributed by atoms with E-state index < -0.39 is 11.7 Å². The van der Waals surface area contributed by atoms with Crippen LogP contribution in [0.15, 0.2) is 30.3 Å². The van der Waals surface area contributed by atoms with Gasteiger partial charge in [-0.1, -0.05) is 41.4 Å². The van der Waals surface area contributed by atoms with Gasteiger partial charge < -0.3 is 15.0 Å². The second kappa shape index (κ2) is 8.29. The fourth-order valence-corrected chi connectivity index (χ4v) is 3.58. The smallest absolute Gasteiger partial charge is 0.410 e.